The highest BCUT2D eigenvalue weighted by atomic mass is 127. The number of alkyl halides is 3. The summed E-state index contributed by atoms with van der Waals surface area (Å²) in [7, 11) is 0.633. The largest absolute Gasteiger partial charge is 0.573 e. The van der Waals surface area contributed by atoms with Gasteiger partial charge in [0.05, 0.1) is 15.5 Å². The van der Waals surface area contributed by atoms with Gasteiger partial charge in [-0.3, -0.25) is 4.98 Å². The van der Waals surface area contributed by atoms with Crippen molar-refractivity contribution < 1.29 is 26.3 Å². The molecule has 0 aliphatic carbocycles. The molecule has 17 heavy (non-hydrogen) atoms. The van der Waals surface area contributed by atoms with Crippen LogP contribution in [0.3, 0.4) is 0 Å². The molecule has 0 radical (unpaired) electrons. The molecule has 1 heterocycles. The fraction of sp³-hybridized carbons (Fsp3) is 0.286. The summed E-state index contributed by atoms with van der Waals surface area (Å²) in [5.74, 6) is -0.861. The molecule has 0 aliphatic rings. The number of nitrogens with zero attached hydrogens (tertiary/aromatic N) is 1. The van der Waals surface area contributed by atoms with Crippen LogP contribution in [-0.4, -0.2) is 19.8 Å². The van der Waals surface area contributed by atoms with E-state index in [9.17, 15) is 21.6 Å². The molecule has 0 fully saturated rings. The second-order valence-electron chi connectivity index (χ2n) is 2.84. The Morgan fingerprint density at radius 2 is 2.00 bits per heavy atom. The molecule has 4 nitrogen and oxygen atoms in total. The number of hydrogen-bond acceptors (Lipinski definition) is 4. The maximum Gasteiger partial charge on any atom is 0.573 e. The number of rotatable bonds is 2. The van der Waals surface area contributed by atoms with Crippen LogP contribution < -0.4 is 4.74 Å². The van der Waals surface area contributed by atoms with Crippen molar-refractivity contribution in [3.8, 4) is 5.75 Å². The molecule has 1 rings (SSSR count). The zero-order chi connectivity index (χ0) is 13.4. The van der Waals surface area contributed by atoms with Crippen LogP contribution in [0.4, 0.5) is 13.2 Å². The molecular formula is C7H4ClF3INO3S. The van der Waals surface area contributed by atoms with Gasteiger partial charge in [-0.2, -0.15) is 0 Å². The van der Waals surface area contributed by atoms with Crippen LogP contribution in [0, 0.1) is 10.5 Å². The van der Waals surface area contributed by atoms with Crippen molar-refractivity contribution in [1.82, 2.24) is 4.98 Å². The van der Waals surface area contributed by atoms with E-state index in [1.807, 2.05) is 0 Å². The molecule has 0 saturated heterocycles. The number of aromatic nitrogens is 1. The summed E-state index contributed by atoms with van der Waals surface area (Å²) in [6, 6.07) is 0. The summed E-state index contributed by atoms with van der Waals surface area (Å²) in [5, 5.41) is 0. The lowest BCUT2D eigenvalue weighted by molar-refractivity contribution is -0.275. The van der Waals surface area contributed by atoms with Crippen LogP contribution in [0.5, 0.6) is 5.75 Å². The van der Waals surface area contributed by atoms with Gasteiger partial charge in [0.1, 0.15) is 4.90 Å². The summed E-state index contributed by atoms with van der Waals surface area (Å²) >= 11 is 1.50. The third-order valence-corrected chi connectivity index (χ3v) is 4.18. The number of pyridine rings is 1. The van der Waals surface area contributed by atoms with Crippen LogP contribution in [-0.2, 0) is 9.05 Å². The lowest BCUT2D eigenvalue weighted by atomic mass is 10.3. The lowest BCUT2D eigenvalue weighted by Gasteiger charge is -2.13. The van der Waals surface area contributed by atoms with Crippen LogP contribution >= 0.6 is 33.3 Å². The zero-order valence-electron chi connectivity index (χ0n) is 8.05. The van der Waals surface area contributed by atoms with Crippen molar-refractivity contribution in [2.45, 2.75) is 18.2 Å². The average molecular weight is 402 g/mol. The smallest absolute Gasteiger partial charge is 0.403 e. The molecule has 0 aliphatic heterocycles. The van der Waals surface area contributed by atoms with Crippen molar-refractivity contribution in [1.29, 1.82) is 0 Å². The van der Waals surface area contributed by atoms with E-state index in [0.717, 1.165) is 6.20 Å². The van der Waals surface area contributed by atoms with Crippen molar-refractivity contribution >= 4 is 42.3 Å². The summed E-state index contributed by atoms with van der Waals surface area (Å²) in [6.07, 6.45) is -4.29. The van der Waals surface area contributed by atoms with Crippen molar-refractivity contribution in [3.05, 3.63) is 15.5 Å². The fourth-order valence-corrected chi connectivity index (χ4v) is 2.52. The van der Waals surface area contributed by atoms with Gasteiger partial charge in [0.2, 0.25) is 0 Å². The summed E-state index contributed by atoms with van der Waals surface area (Å²) in [6.45, 7) is 1.41. The van der Waals surface area contributed by atoms with Gasteiger partial charge in [0.15, 0.2) is 5.75 Å². The van der Waals surface area contributed by atoms with Crippen LogP contribution in [0.15, 0.2) is 11.1 Å². The monoisotopic (exact) mass is 401 g/mol. The van der Waals surface area contributed by atoms with Gasteiger partial charge in [-0.1, -0.05) is 0 Å². The summed E-state index contributed by atoms with van der Waals surface area (Å²) in [5.41, 5.74) is 0.203. The highest BCUT2D eigenvalue weighted by Gasteiger charge is 2.35. The first-order valence-electron chi connectivity index (χ1n) is 3.88. The topological polar surface area (TPSA) is 56.3 Å². The van der Waals surface area contributed by atoms with E-state index < -0.39 is 26.1 Å². The van der Waals surface area contributed by atoms with E-state index in [1.165, 1.54) is 29.5 Å². The average Bonchev–Trinajstić information content (AvgIpc) is 2.08. The molecule has 0 bridgehead atoms. The molecular weight excluding hydrogens is 397 g/mol. The van der Waals surface area contributed by atoms with E-state index >= 15 is 0 Å². The highest BCUT2D eigenvalue weighted by molar-refractivity contribution is 14.1. The van der Waals surface area contributed by atoms with Crippen molar-refractivity contribution in [3.63, 3.8) is 0 Å². The third-order valence-electron chi connectivity index (χ3n) is 1.60. The molecule has 10 heteroatoms. The Morgan fingerprint density at radius 1 is 1.47 bits per heavy atom. The van der Waals surface area contributed by atoms with E-state index in [1.54, 1.807) is 0 Å². The number of aryl methyl sites for hydroxylation is 1. The first-order chi connectivity index (χ1) is 7.52. The van der Waals surface area contributed by atoms with Crippen LogP contribution in [0.1, 0.15) is 5.69 Å². The van der Waals surface area contributed by atoms with Crippen LogP contribution in [0.25, 0.3) is 0 Å². The van der Waals surface area contributed by atoms with Gasteiger partial charge in [0, 0.05) is 10.7 Å². The molecule has 0 aromatic carbocycles. The second-order valence-corrected chi connectivity index (χ2v) is 6.45. The minimum atomic E-state index is -5.01. The molecule has 0 spiro atoms. The van der Waals surface area contributed by atoms with Crippen molar-refractivity contribution in [2.24, 2.45) is 0 Å². The van der Waals surface area contributed by atoms with Gasteiger partial charge in [-0.05, 0) is 29.5 Å². The molecule has 0 atom stereocenters. The molecule has 1 aromatic rings. The molecule has 0 saturated carbocycles. The molecule has 0 unspecified atom stereocenters. The Labute approximate surface area is 113 Å². The Bertz CT molecular complexity index is 546. The number of halogens is 5. The minimum Gasteiger partial charge on any atom is -0.403 e. The minimum absolute atomic E-state index is 0.0679. The van der Waals surface area contributed by atoms with E-state index in [4.69, 9.17) is 10.7 Å². The quantitative estimate of drug-likeness (QED) is 0.565. The number of ether oxygens (including phenoxy) is 1. The van der Waals surface area contributed by atoms with Crippen molar-refractivity contribution in [2.75, 3.05) is 0 Å². The predicted molar refractivity (Wildman–Crippen MR) is 61.4 cm³/mol. The Morgan fingerprint density at radius 3 is 2.41 bits per heavy atom. The van der Waals surface area contributed by atoms with Gasteiger partial charge in [-0.15, -0.1) is 13.2 Å². The predicted octanol–water partition coefficient (Wildman–Crippen LogP) is 2.82. The van der Waals surface area contributed by atoms with E-state index in [-0.39, 0.29) is 9.26 Å². The maximum absolute atomic E-state index is 12.1. The fourth-order valence-electron chi connectivity index (χ4n) is 0.928. The van der Waals surface area contributed by atoms with Gasteiger partial charge < -0.3 is 4.74 Å². The zero-order valence-corrected chi connectivity index (χ0v) is 11.8. The normalized spacial score (nSPS) is 12.6. The summed E-state index contributed by atoms with van der Waals surface area (Å²) in [4.78, 5) is 2.80. The first kappa shape index (κ1) is 14.8. The third kappa shape index (κ3) is 3.85. The first-order valence-corrected chi connectivity index (χ1v) is 7.26. The molecule has 1 aromatic heterocycles. The SMILES string of the molecule is Cc1ncc(S(=O)(=O)Cl)c(OC(F)(F)F)c1I. The number of hydrogen-bond donors (Lipinski definition) is 0. The second kappa shape index (κ2) is 4.76. The maximum atomic E-state index is 12.1. The standard InChI is InChI=1S/C7H4ClF3INO3S/c1-3-5(12)6(16-7(9,10)11)4(2-13-3)17(8,14)15/h2H,1H3. The lowest BCUT2D eigenvalue weighted by Crippen LogP contribution is -2.19. The molecule has 0 N–H and O–H groups in total. The van der Waals surface area contributed by atoms with Crippen LogP contribution in [0.2, 0.25) is 0 Å². The van der Waals surface area contributed by atoms with Gasteiger partial charge >= 0.3 is 6.36 Å². The summed E-state index contributed by atoms with van der Waals surface area (Å²) < 4.78 is 62.2. The Balaban J connectivity index is 3.48. The Kier molecular flexibility index (Phi) is 4.14. The Hall–Kier alpha value is -0.290. The van der Waals surface area contributed by atoms with E-state index in [0.29, 0.717) is 0 Å². The molecule has 96 valence electrons. The molecule has 0 amide bonds. The highest BCUT2D eigenvalue weighted by Crippen LogP contribution is 2.36. The van der Waals surface area contributed by atoms with E-state index in [2.05, 4.69) is 9.72 Å². The van der Waals surface area contributed by atoms with Gasteiger partial charge in [0.25, 0.3) is 9.05 Å². The van der Waals surface area contributed by atoms with Gasteiger partial charge in [-0.25, -0.2) is 8.42 Å².